The minimum atomic E-state index is -0.442. The van der Waals surface area contributed by atoms with Gasteiger partial charge in [-0.3, -0.25) is 20.4 Å². The van der Waals surface area contributed by atoms with Crippen LogP contribution in [0.25, 0.3) is 0 Å². The van der Waals surface area contributed by atoms with Gasteiger partial charge in [-0.15, -0.1) is 0 Å². The summed E-state index contributed by atoms with van der Waals surface area (Å²) in [5, 5.41) is 0.626. The number of benzene rings is 2. The Bertz CT molecular complexity index is 780. The third-order valence-electron chi connectivity index (χ3n) is 3.57. The number of carbonyl (C=O) groups excluding carboxylic acids is 2. The Hall–Kier alpha value is -2.73. The molecule has 2 N–H and O–H groups in total. The van der Waals surface area contributed by atoms with Crippen molar-refractivity contribution in [2.24, 2.45) is 0 Å². The van der Waals surface area contributed by atoms with E-state index >= 15 is 0 Å². The molecule has 2 aromatic rings. The smallest absolute Gasteiger partial charge is 0.269 e. The molecule has 7 heteroatoms. The van der Waals surface area contributed by atoms with Crippen LogP contribution in [0.3, 0.4) is 0 Å². The van der Waals surface area contributed by atoms with Crippen molar-refractivity contribution in [1.82, 2.24) is 10.9 Å². The van der Waals surface area contributed by atoms with Crippen molar-refractivity contribution in [2.75, 3.05) is 13.7 Å². The zero-order valence-corrected chi connectivity index (χ0v) is 15.4. The topological polar surface area (TPSA) is 76.7 Å². The van der Waals surface area contributed by atoms with Crippen LogP contribution in [0, 0.1) is 0 Å². The lowest BCUT2D eigenvalue weighted by Gasteiger charge is -2.11. The Balaban J connectivity index is 1.86. The molecule has 6 nitrogen and oxygen atoms in total. The number of hydrogen-bond donors (Lipinski definition) is 2. The molecule has 0 unspecified atom stereocenters. The van der Waals surface area contributed by atoms with Crippen LogP contribution in [0.2, 0.25) is 5.02 Å². The lowest BCUT2D eigenvalue weighted by molar-refractivity contribution is -0.121. The third-order valence-corrected chi connectivity index (χ3v) is 3.81. The lowest BCUT2D eigenvalue weighted by atomic mass is 10.1. The minimum absolute atomic E-state index is 0.229. The molecule has 0 radical (unpaired) electrons. The fourth-order valence-corrected chi connectivity index (χ4v) is 2.51. The van der Waals surface area contributed by atoms with E-state index < -0.39 is 5.91 Å². The van der Waals surface area contributed by atoms with E-state index in [1.54, 1.807) is 30.3 Å². The van der Waals surface area contributed by atoms with E-state index in [-0.39, 0.29) is 12.3 Å². The van der Waals surface area contributed by atoms with E-state index in [2.05, 4.69) is 10.9 Å². The molecule has 0 fully saturated rings. The van der Waals surface area contributed by atoms with Gasteiger partial charge < -0.3 is 9.47 Å². The average Bonchev–Trinajstić information content (AvgIpc) is 2.65. The van der Waals surface area contributed by atoms with Gasteiger partial charge in [-0.1, -0.05) is 23.7 Å². The summed E-state index contributed by atoms with van der Waals surface area (Å²) in [6.45, 7) is 2.35. The first-order valence-corrected chi connectivity index (χ1v) is 8.55. The maximum atomic E-state index is 12.2. The number of halogens is 1. The largest absolute Gasteiger partial charge is 0.493 e. The summed E-state index contributed by atoms with van der Waals surface area (Å²) in [7, 11) is 1.50. The predicted octanol–water partition coefficient (Wildman–Crippen LogP) is 3.14. The number of hydrazine groups is 1. The highest BCUT2D eigenvalue weighted by Crippen LogP contribution is 2.27. The third kappa shape index (κ3) is 5.67. The van der Waals surface area contributed by atoms with E-state index in [0.717, 1.165) is 5.56 Å². The van der Waals surface area contributed by atoms with Crippen molar-refractivity contribution < 1.29 is 19.1 Å². The van der Waals surface area contributed by atoms with Crippen molar-refractivity contribution in [3.63, 3.8) is 0 Å². The van der Waals surface area contributed by atoms with Gasteiger partial charge in [-0.2, -0.15) is 0 Å². The molecule has 0 saturated heterocycles. The fraction of sp³-hybridized carbons (Fsp3) is 0.263. The number of hydrogen-bond acceptors (Lipinski definition) is 4. The molecule has 0 aromatic heterocycles. The maximum absolute atomic E-state index is 12.2. The molecule has 0 aliphatic heterocycles. The molecule has 0 saturated carbocycles. The van der Waals surface area contributed by atoms with Crippen molar-refractivity contribution in [1.29, 1.82) is 0 Å². The zero-order chi connectivity index (χ0) is 18.9. The lowest BCUT2D eigenvalue weighted by Crippen LogP contribution is -2.41. The van der Waals surface area contributed by atoms with Crippen molar-refractivity contribution in [3.8, 4) is 11.5 Å². The monoisotopic (exact) mass is 376 g/mol. The van der Waals surface area contributed by atoms with Gasteiger partial charge in [0.25, 0.3) is 5.91 Å². The van der Waals surface area contributed by atoms with Crippen molar-refractivity contribution in [3.05, 3.63) is 58.6 Å². The molecule has 0 bridgehead atoms. The van der Waals surface area contributed by atoms with Gasteiger partial charge in [0.1, 0.15) is 0 Å². The molecule has 0 aliphatic rings. The summed E-state index contributed by atoms with van der Waals surface area (Å²) in [6, 6.07) is 12.1. The number of ether oxygens (including phenoxy) is 2. The molecule has 2 amide bonds. The van der Waals surface area contributed by atoms with Crippen LogP contribution in [0.15, 0.2) is 42.5 Å². The standard InChI is InChI=1S/C19H21ClN2O4/c1-3-26-16-9-8-14(12-17(16)25-2)19(24)22-21-18(23)10-7-13-5-4-6-15(20)11-13/h4-6,8-9,11-12H,3,7,10H2,1-2H3,(H,21,23)(H,22,24). The van der Waals surface area contributed by atoms with Crippen molar-refractivity contribution >= 4 is 23.4 Å². The molecule has 0 spiro atoms. The van der Waals surface area contributed by atoms with E-state index in [0.29, 0.717) is 35.1 Å². The van der Waals surface area contributed by atoms with Crippen LogP contribution in [0.1, 0.15) is 29.3 Å². The highest BCUT2D eigenvalue weighted by atomic mass is 35.5. The number of carbonyl (C=O) groups is 2. The zero-order valence-electron chi connectivity index (χ0n) is 14.7. The SMILES string of the molecule is CCOc1ccc(C(=O)NNC(=O)CCc2cccc(Cl)c2)cc1OC. The highest BCUT2D eigenvalue weighted by molar-refractivity contribution is 6.30. The van der Waals surface area contributed by atoms with Crippen LogP contribution in [0.5, 0.6) is 11.5 Å². The van der Waals surface area contributed by atoms with Crippen LogP contribution in [-0.2, 0) is 11.2 Å². The summed E-state index contributed by atoms with van der Waals surface area (Å²) in [4.78, 5) is 24.1. The van der Waals surface area contributed by atoms with Crippen LogP contribution in [0.4, 0.5) is 0 Å². The Morgan fingerprint density at radius 1 is 1.08 bits per heavy atom. The van der Waals surface area contributed by atoms with Gasteiger partial charge in [0.05, 0.1) is 13.7 Å². The van der Waals surface area contributed by atoms with Crippen molar-refractivity contribution in [2.45, 2.75) is 19.8 Å². The second kappa shape index (κ2) is 9.68. The first-order chi connectivity index (χ1) is 12.5. The van der Waals surface area contributed by atoms with Crippen LogP contribution >= 0.6 is 11.6 Å². The summed E-state index contributed by atoms with van der Waals surface area (Å²) in [6.07, 6.45) is 0.756. The molecule has 2 rings (SSSR count). The molecule has 2 aromatic carbocycles. The second-order valence-electron chi connectivity index (χ2n) is 5.43. The Morgan fingerprint density at radius 3 is 2.58 bits per heavy atom. The van der Waals surface area contributed by atoms with E-state index in [1.165, 1.54) is 7.11 Å². The summed E-state index contributed by atoms with van der Waals surface area (Å²) in [5.74, 6) is 0.266. The first-order valence-electron chi connectivity index (χ1n) is 8.18. The molecule has 0 aliphatic carbocycles. The second-order valence-corrected chi connectivity index (χ2v) is 5.87. The van der Waals surface area contributed by atoms with E-state index in [4.69, 9.17) is 21.1 Å². The van der Waals surface area contributed by atoms with E-state index in [9.17, 15) is 9.59 Å². The summed E-state index contributed by atoms with van der Waals surface area (Å²) in [5.41, 5.74) is 6.09. The summed E-state index contributed by atoms with van der Waals surface area (Å²) >= 11 is 5.91. The number of amides is 2. The molecular weight excluding hydrogens is 356 g/mol. The molecule has 0 heterocycles. The van der Waals surface area contributed by atoms with Crippen LogP contribution < -0.4 is 20.3 Å². The van der Waals surface area contributed by atoms with Gasteiger partial charge >= 0.3 is 0 Å². The molecule has 138 valence electrons. The Labute approximate surface area is 157 Å². The van der Waals surface area contributed by atoms with Gasteiger partial charge in [-0.25, -0.2) is 0 Å². The predicted molar refractivity (Wildman–Crippen MR) is 99.5 cm³/mol. The molecule has 0 atom stereocenters. The van der Waals surface area contributed by atoms with Gasteiger partial charge in [0.2, 0.25) is 5.91 Å². The normalized spacial score (nSPS) is 10.1. The Kier molecular flexibility index (Phi) is 7.29. The quantitative estimate of drug-likeness (QED) is 0.728. The summed E-state index contributed by atoms with van der Waals surface area (Å²) < 4.78 is 10.6. The number of methoxy groups -OCH3 is 1. The maximum Gasteiger partial charge on any atom is 0.269 e. The van der Waals surface area contributed by atoms with Gasteiger partial charge in [0.15, 0.2) is 11.5 Å². The van der Waals surface area contributed by atoms with Gasteiger partial charge in [-0.05, 0) is 49.2 Å². The van der Waals surface area contributed by atoms with Gasteiger partial charge in [0, 0.05) is 17.0 Å². The number of nitrogens with one attached hydrogen (secondary N) is 2. The molecule has 26 heavy (non-hydrogen) atoms. The minimum Gasteiger partial charge on any atom is -0.493 e. The number of aryl methyl sites for hydroxylation is 1. The fourth-order valence-electron chi connectivity index (χ4n) is 2.30. The average molecular weight is 377 g/mol. The Morgan fingerprint density at radius 2 is 1.88 bits per heavy atom. The first kappa shape index (κ1) is 19.6. The van der Waals surface area contributed by atoms with E-state index in [1.807, 2.05) is 19.1 Å². The number of rotatable bonds is 7. The van der Waals surface area contributed by atoms with Crippen LogP contribution in [-0.4, -0.2) is 25.5 Å². The highest BCUT2D eigenvalue weighted by Gasteiger charge is 2.12. The molecular formula is C19H21ClN2O4.